The van der Waals surface area contributed by atoms with Crippen molar-refractivity contribution in [2.45, 2.75) is 13.0 Å². The van der Waals surface area contributed by atoms with E-state index in [4.69, 9.17) is 7.48 Å². The highest BCUT2D eigenvalue weighted by atomic mass is 19.1. The molecule has 0 aliphatic carbocycles. The summed E-state index contributed by atoms with van der Waals surface area (Å²) in [5, 5.41) is 4.90. The summed E-state index contributed by atoms with van der Waals surface area (Å²) in [6, 6.07) is 5.22. The monoisotopic (exact) mass is 423 g/mol. The summed E-state index contributed by atoms with van der Waals surface area (Å²) in [7, 11) is 3.16. The van der Waals surface area contributed by atoms with Crippen molar-refractivity contribution in [3.05, 3.63) is 71.3 Å². The first-order valence-electron chi connectivity index (χ1n) is 10.3. The van der Waals surface area contributed by atoms with Crippen LogP contribution in [0.3, 0.4) is 0 Å². The Bertz CT molecular complexity index is 1420. The largest absolute Gasteiger partial charge is 0.479 e. The first-order valence-corrected chi connectivity index (χ1v) is 9.34. The maximum atomic E-state index is 15.1. The van der Waals surface area contributed by atoms with Gasteiger partial charge >= 0.3 is 0 Å². The Labute approximate surface area is 178 Å². The maximum Gasteiger partial charge on any atom is 0.256 e. The molecule has 0 saturated heterocycles. The Morgan fingerprint density at radius 3 is 2.71 bits per heavy atom. The fraction of sp³-hybridized carbons (Fsp3) is 0.182. The second kappa shape index (κ2) is 7.12. The van der Waals surface area contributed by atoms with Gasteiger partial charge in [-0.05, 0) is 29.8 Å². The molecule has 0 bridgehead atoms. The van der Waals surface area contributed by atoms with Crippen molar-refractivity contribution < 1.29 is 21.1 Å². The van der Waals surface area contributed by atoms with E-state index in [1.807, 2.05) is 0 Å². The molecule has 31 heavy (non-hydrogen) atoms. The number of hydrogen-bond acceptors (Lipinski definition) is 5. The highest BCUT2D eigenvalue weighted by Crippen LogP contribution is 2.34. The second-order valence-electron chi connectivity index (χ2n) is 7.07. The van der Waals surface area contributed by atoms with Gasteiger partial charge in [-0.2, -0.15) is 5.10 Å². The minimum Gasteiger partial charge on any atom is -0.479 e. The zero-order chi connectivity index (χ0) is 23.5. The van der Waals surface area contributed by atoms with E-state index < -0.39 is 36.1 Å². The zero-order valence-corrected chi connectivity index (χ0v) is 16.6. The van der Waals surface area contributed by atoms with Gasteiger partial charge in [-0.15, -0.1) is 0 Å². The van der Waals surface area contributed by atoms with E-state index in [-0.39, 0.29) is 22.7 Å². The van der Waals surface area contributed by atoms with E-state index in [1.54, 1.807) is 17.9 Å². The Morgan fingerprint density at radius 2 is 2.00 bits per heavy atom. The lowest BCUT2D eigenvalue weighted by Crippen LogP contribution is -2.24. The molecule has 0 fully saturated rings. The number of aromatic nitrogens is 4. The lowest BCUT2D eigenvalue weighted by atomic mass is 10.0. The second-order valence-corrected chi connectivity index (χ2v) is 7.07. The van der Waals surface area contributed by atoms with Gasteiger partial charge in [0.1, 0.15) is 11.6 Å². The van der Waals surface area contributed by atoms with Crippen molar-refractivity contribution in [1.29, 1.82) is 0 Å². The van der Waals surface area contributed by atoms with Crippen LogP contribution in [0.15, 0.2) is 42.9 Å². The van der Waals surface area contributed by atoms with Crippen LogP contribution in [0.25, 0.3) is 22.0 Å². The predicted molar refractivity (Wildman–Crippen MR) is 108 cm³/mol. The number of ether oxygens (including phenoxy) is 1. The third-order valence-electron chi connectivity index (χ3n) is 5.12. The maximum absolute atomic E-state index is 15.1. The van der Waals surface area contributed by atoms with Gasteiger partial charge in [0.25, 0.3) is 5.91 Å². The minimum absolute atomic E-state index is 0.0724. The third kappa shape index (κ3) is 3.09. The highest BCUT2D eigenvalue weighted by molar-refractivity contribution is 5.98. The lowest BCUT2D eigenvalue weighted by molar-refractivity contribution is 0.0763. The van der Waals surface area contributed by atoms with Crippen LogP contribution in [0.5, 0.6) is 5.88 Å². The molecule has 0 saturated carbocycles. The predicted octanol–water partition coefficient (Wildman–Crippen LogP) is 3.47. The van der Waals surface area contributed by atoms with Crippen LogP contribution in [0.2, 0.25) is 0 Å². The first kappa shape index (κ1) is 16.9. The number of methoxy groups -OCH3 is 1. The van der Waals surface area contributed by atoms with Crippen molar-refractivity contribution in [2.75, 3.05) is 7.11 Å². The third-order valence-corrected chi connectivity index (χ3v) is 5.12. The van der Waals surface area contributed by atoms with E-state index >= 15 is 8.78 Å². The summed E-state index contributed by atoms with van der Waals surface area (Å²) in [6.45, 7) is -2.89. The molecule has 3 aromatic heterocycles. The molecule has 1 aliphatic heterocycles. The molecule has 0 N–H and O–H groups in total. The average Bonchev–Trinajstić information content (AvgIpc) is 3.26. The van der Waals surface area contributed by atoms with Gasteiger partial charge in [0, 0.05) is 42.2 Å². The first-order chi connectivity index (χ1) is 15.7. The van der Waals surface area contributed by atoms with Crippen molar-refractivity contribution >= 4 is 16.8 Å². The van der Waals surface area contributed by atoms with Gasteiger partial charge in [0.2, 0.25) is 5.88 Å². The molecule has 0 atom stereocenters. The molecule has 0 unspecified atom stereocenters. The number of nitrogens with zero attached hydrogens (tertiary/aromatic N) is 5. The number of aryl methyl sites for hydroxylation is 1. The van der Waals surface area contributed by atoms with Gasteiger partial charge < -0.3 is 9.64 Å². The normalized spacial score (nSPS) is 15.7. The fourth-order valence-corrected chi connectivity index (χ4v) is 3.65. The smallest absolute Gasteiger partial charge is 0.256 e. The number of amides is 1. The molecular formula is C22H17F2N5O2. The van der Waals surface area contributed by atoms with Gasteiger partial charge in [-0.3, -0.25) is 14.5 Å². The Kier molecular flexibility index (Phi) is 3.87. The summed E-state index contributed by atoms with van der Waals surface area (Å²) in [5.41, 5.74) is 0.699. The zero-order valence-electron chi connectivity index (χ0n) is 18.6. The molecule has 4 aromatic rings. The Balaban J connectivity index is 1.55. The number of benzene rings is 1. The summed E-state index contributed by atoms with van der Waals surface area (Å²) in [4.78, 5) is 21.6. The van der Waals surface area contributed by atoms with Crippen molar-refractivity contribution in [2.24, 2.45) is 7.05 Å². The van der Waals surface area contributed by atoms with Crippen molar-refractivity contribution in [3.63, 3.8) is 0 Å². The standard InChI is InChI=1S/C22H17F2N5O2/c1-28-9-15-14(8-26-21(31-2)20(15)27-28)12-6-17(23)16(18(24)7-12)10-29-11-19-13(22(29)30)4-3-5-25-19/h3-9H,10-11H2,1-2H3/i11D2. The minimum atomic E-state index is -2.30. The molecule has 9 heteroatoms. The van der Waals surface area contributed by atoms with Gasteiger partial charge in [-0.25, -0.2) is 13.8 Å². The van der Waals surface area contributed by atoms with Crippen LogP contribution in [0.1, 0.15) is 24.4 Å². The molecule has 156 valence electrons. The van der Waals surface area contributed by atoms with E-state index in [9.17, 15) is 4.79 Å². The van der Waals surface area contributed by atoms with Gasteiger partial charge in [0.15, 0.2) is 5.52 Å². The lowest BCUT2D eigenvalue weighted by Gasteiger charge is -2.17. The topological polar surface area (TPSA) is 73.1 Å². The number of hydrogen-bond donors (Lipinski definition) is 0. The quantitative estimate of drug-likeness (QED) is 0.503. The molecular weight excluding hydrogens is 404 g/mol. The fourth-order valence-electron chi connectivity index (χ4n) is 3.65. The van der Waals surface area contributed by atoms with E-state index in [0.29, 0.717) is 16.5 Å². The molecule has 5 rings (SSSR count). The average molecular weight is 423 g/mol. The van der Waals surface area contributed by atoms with Crippen LogP contribution < -0.4 is 4.74 Å². The summed E-state index contributed by atoms with van der Waals surface area (Å²) >= 11 is 0. The summed E-state index contributed by atoms with van der Waals surface area (Å²) < 4.78 is 53.6. The van der Waals surface area contributed by atoms with E-state index in [0.717, 1.165) is 17.0 Å². The summed E-state index contributed by atoms with van der Waals surface area (Å²) in [6.07, 6.45) is 4.51. The van der Waals surface area contributed by atoms with Crippen LogP contribution in [0.4, 0.5) is 8.78 Å². The van der Waals surface area contributed by atoms with Crippen LogP contribution >= 0.6 is 0 Å². The number of halogens is 2. The van der Waals surface area contributed by atoms with Crippen LogP contribution in [-0.4, -0.2) is 37.7 Å². The SMILES string of the molecule is [2H]C1([2H])c2ncccc2C(=O)N1Cc1c(F)cc(-c2cnc(OC)c3nn(C)cc23)cc1F. The molecule has 0 spiro atoms. The number of carbonyl (C=O) groups excluding carboxylic acids is 1. The summed E-state index contributed by atoms with van der Waals surface area (Å²) in [5.74, 6) is -2.21. The highest BCUT2D eigenvalue weighted by Gasteiger charge is 2.29. The molecule has 0 radical (unpaired) electrons. The molecule has 1 amide bonds. The van der Waals surface area contributed by atoms with Gasteiger partial charge in [0.05, 0.1) is 34.2 Å². The molecule has 1 aromatic carbocycles. The van der Waals surface area contributed by atoms with Crippen LogP contribution in [0, 0.1) is 11.6 Å². The Morgan fingerprint density at radius 1 is 1.23 bits per heavy atom. The molecule has 4 heterocycles. The molecule has 1 aliphatic rings. The van der Waals surface area contributed by atoms with Crippen LogP contribution in [-0.2, 0) is 20.1 Å². The number of pyridine rings is 2. The van der Waals surface area contributed by atoms with E-state index in [1.165, 1.54) is 31.6 Å². The van der Waals surface area contributed by atoms with Crippen molar-refractivity contribution in [1.82, 2.24) is 24.6 Å². The van der Waals surface area contributed by atoms with Crippen molar-refractivity contribution in [3.8, 4) is 17.0 Å². The molecule has 7 nitrogen and oxygen atoms in total. The van der Waals surface area contributed by atoms with E-state index in [2.05, 4.69) is 15.1 Å². The van der Waals surface area contributed by atoms with Gasteiger partial charge in [-0.1, -0.05) is 0 Å². The number of carbonyl (C=O) groups is 1. The Hall–Kier alpha value is -3.88. The number of fused-ring (bicyclic) bond motifs is 2. The number of rotatable bonds is 4.